The van der Waals surface area contributed by atoms with Gasteiger partial charge in [0.25, 0.3) is 0 Å². The zero-order valence-electron chi connectivity index (χ0n) is 24.2. The Hall–Kier alpha value is -4.29. The summed E-state index contributed by atoms with van der Waals surface area (Å²) in [6, 6.07) is 25.2. The Morgan fingerprint density at radius 2 is 1.00 bits per heavy atom. The van der Waals surface area contributed by atoms with Crippen LogP contribution in [-0.4, -0.2) is 27.8 Å². The molecule has 0 fully saturated rings. The van der Waals surface area contributed by atoms with Crippen molar-refractivity contribution in [3.05, 3.63) is 118 Å². The second-order valence-corrected chi connectivity index (χ2v) is 11.1. The summed E-state index contributed by atoms with van der Waals surface area (Å²) < 4.78 is 84.0. The summed E-state index contributed by atoms with van der Waals surface area (Å²) in [6.07, 6.45) is -9.63. The Labute approximate surface area is 284 Å². The quantitative estimate of drug-likeness (QED) is 0.137. The molecule has 2 heterocycles. The molecule has 0 radical (unpaired) electrons. The lowest BCUT2D eigenvalue weighted by Gasteiger charge is -2.15. The fourth-order valence-corrected chi connectivity index (χ4v) is 5.50. The van der Waals surface area contributed by atoms with Crippen molar-refractivity contribution in [1.29, 1.82) is 0 Å². The zero-order valence-corrected chi connectivity index (χ0v) is 26.5. The molecule has 48 heavy (non-hydrogen) atoms. The van der Waals surface area contributed by atoms with E-state index in [4.69, 9.17) is 34.8 Å². The first-order chi connectivity index (χ1) is 22.8. The number of aromatic nitrogens is 2. The average molecular weight is 726 g/mol. The Morgan fingerprint density at radius 3 is 1.42 bits per heavy atom. The van der Waals surface area contributed by atoms with E-state index in [1.165, 1.54) is 36.4 Å². The second-order valence-electron chi connectivity index (χ2n) is 9.99. The van der Waals surface area contributed by atoms with Crippen LogP contribution in [0.15, 0.2) is 97.1 Å². The van der Waals surface area contributed by atoms with E-state index in [0.717, 1.165) is 5.39 Å². The number of hydrogen-bond acceptors (Lipinski definition) is 5. The number of rotatable bonds is 6. The van der Waals surface area contributed by atoms with Gasteiger partial charge < -0.3 is 14.6 Å². The highest BCUT2D eigenvalue weighted by Gasteiger charge is 2.33. The highest BCUT2D eigenvalue weighted by molar-refractivity contribution is 6.35. The molecule has 0 atom stereocenters. The maximum absolute atomic E-state index is 12.6. The SMILES string of the molecule is FC(F)(F)Oc1ccccc1-c1nc2c(Cl)cccc2cc1CCl.OCc1cc2cccc(Cl)c2nc1-c1ccccc1OC(F)(F)F. The molecular weight excluding hydrogens is 705 g/mol. The Bertz CT molecular complexity index is 1940. The van der Waals surface area contributed by atoms with Crippen LogP contribution in [0.5, 0.6) is 11.5 Å². The van der Waals surface area contributed by atoms with E-state index >= 15 is 0 Å². The molecule has 6 rings (SSSR count). The molecule has 0 bridgehead atoms. The third-order valence-corrected chi connectivity index (χ3v) is 7.70. The van der Waals surface area contributed by atoms with E-state index in [9.17, 15) is 31.4 Å². The van der Waals surface area contributed by atoms with Gasteiger partial charge in [0.15, 0.2) is 0 Å². The molecule has 0 aliphatic rings. The number of aliphatic hydroxyl groups excluding tert-OH is 1. The lowest BCUT2D eigenvalue weighted by Crippen LogP contribution is -2.17. The Morgan fingerprint density at radius 1 is 0.583 bits per heavy atom. The van der Waals surface area contributed by atoms with Crippen molar-refractivity contribution in [2.45, 2.75) is 25.2 Å². The van der Waals surface area contributed by atoms with Gasteiger partial charge in [-0.15, -0.1) is 37.9 Å². The first kappa shape index (κ1) is 35.0. The normalized spacial score (nSPS) is 11.7. The maximum Gasteiger partial charge on any atom is 0.573 e. The number of halogens is 9. The molecule has 0 saturated heterocycles. The highest BCUT2D eigenvalue weighted by Crippen LogP contribution is 2.38. The smallest absolute Gasteiger partial charge is 0.405 e. The third kappa shape index (κ3) is 8.22. The van der Waals surface area contributed by atoms with Gasteiger partial charge in [0, 0.05) is 33.3 Å². The highest BCUT2D eigenvalue weighted by atomic mass is 35.5. The number of aliphatic hydroxyl groups is 1. The average Bonchev–Trinajstić information content (AvgIpc) is 3.03. The van der Waals surface area contributed by atoms with Gasteiger partial charge in [0.2, 0.25) is 0 Å². The number of benzene rings is 4. The molecule has 6 aromatic rings. The summed E-state index contributed by atoms with van der Waals surface area (Å²) in [7, 11) is 0. The number of ether oxygens (including phenoxy) is 2. The van der Waals surface area contributed by atoms with Crippen LogP contribution in [-0.2, 0) is 12.5 Å². The summed E-state index contributed by atoms with van der Waals surface area (Å²) in [6.45, 7) is -0.384. The van der Waals surface area contributed by atoms with Crippen molar-refractivity contribution in [3.63, 3.8) is 0 Å². The van der Waals surface area contributed by atoms with Crippen molar-refractivity contribution < 1.29 is 40.9 Å². The van der Waals surface area contributed by atoms with Gasteiger partial charge in [-0.25, -0.2) is 9.97 Å². The minimum atomic E-state index is -4.83. The zero-order chi connectivity index (χ0) is 34.6. The minimum Gasteiger partial charge on any atom is -0.405 e. The predicted octanol–water partition coefficient (Wildman–Crippen LogP) is 11.1. The predicted molar refractivity (Wildman–Crippen MR) is 173 cm³/mol. The van der Waals surface area contributed by atoms with Crippen LogP contribution in [0, 0.1) is 0 Å². The van der Waals surface area contributed by atoms with Gasteiger partial charge in [0.1, 0.15) is 11.5 Å². The molecule has 14 heteroatoms. The molecular formula is C34H21Cl3F6N2O3. The van der Waals surface area contributed by atoms with Crippen molar-refractivity contribution in [3.8, 4) is 34.0 Å². The van der Waals surface area contributed by atoms with Crippen molar-refractivity contribution >= 4 is 56.6 Å². The van der Waals surface area contributed by atoms with E-state index < -0.39 is 18.5 Å². The van der Waals surface area contributed by atoms with Crippen LogP contribution in [0.25, 0.3) is 44.3 Å². The summed E-state index contributed by atoms with van der Waals surface area (Å²) in [5.41, 5.74) is 2.72. The lowest BCUT2D eigenvalue weighted by atomic mass is 10.0. The largest absolute Gasteiger partial charge is 0.573 e. The number of pyridine rings is 2. The van der Waals surface area contributed by atoms with Crippen LogP contribution in [0.3, 0.4) is 0 Å². The second kappa shape index (κ2) is 14.4. The Kier molecular flexibility index (Phi) is 10.5. The molecule has 0 aliphatic heterocycles. The molecule has 1 N–H and O–H groups in total. The van der Waals surface area contributed by atoms with Gasteiger partial charge in [-0.05, 0) is 54.1 Å². The van der Waals surface area contributed by atoms with Crippen molar-refractivity contribution in [2.24, 2.45) is 0 Å². The third-order valence-electron chi connectivity index (χ3n) is 6.80. The molecule has 4 aromatic carbocycles. The topological polar surface area (TPSA) is 64.5 Å². The van der Waals surface area contributed by atoms with Gasteiger partial charge in [0.05, 0.1) is 39.1 Å². The number of alkyl halides is 7. The molecule has 0 unspecified atom stereocenters. The van der Waals surface area contributed by atoms with E-state index in [2.05, 4.69) is 19.4 Å². The molecule has 2 aromatic heterocycles. The monoisotopic (exact) mass is 724 g/mol. The van der Waals surface area contributed by atoms with Gasteiger partial charge in [-0.3, -0.25) is 0 Å². The van der Waals surface area contributed by atoms with Crippen LogP contribution in [0.2, 0.25) is 10.0 Å². The van der Waals surface area contributed by atoms with Crippen LogP contribution in [0.1, 0.15) is 11.1 Å². The summed E-state index contributed by atoms with van der Waals surface area (Å²) in [5, 5.41) is 11.8. The maximum atomic E-state index is 12.6. The molecule has 0 spiro atoms. The van der Waals surface area contributed by atoms with Crippen molar-refractivity contribution in [1.82, 2.24) is 9.97 Å². The minimum absolute atomic E-state index is 0.0884. The van der Waals surface area contributed by atoms with Gasteiger partial charge >= 0.3 is 12.7 Å². The van der Waals surface area contributed by atoms with Crippen LogP contribution >= 0.6 is 34.8 Å². The van der Waals surface area contributed by atoms with Crippen LogP contribution < -0.4 is 9.47 Å². The standard InChI is InChI=1S/C17H10Cl2F3NO.C17H11ClF3NO2/c18-9-11-8-10-4-3-6-13(19)16(10)23-15(11)12-5-1-2-7-14(12)24-17(20,21)22;18-13-6-3-4-10-8-11(9-23)15(22-16(10)13)12-5-1-2-7-14(12)24-17(19,20)21/h1-8H,9H2;1-8,23H,9H2. The summed E-state index contributed by atoms with van der Waals surface area (Å²) >= 11 is 18.2. The fourth-order valence-electron chi connectivity index (χ4n) is 4.85. The molecule has 0 aliphatic carbocycles. The van der Waals surface area contributed by atoms with E-state index in [0.29, 0.717) is 43.3 Å². The van der Waals surface area contributed by atoms with E-state index in [1.807, 2.05) is 6.07 Å². The fraction of sp³-hybridized carbons (Fsp3) is 0.118. The molecule has 5 nitrogen and oxygen atoms in total. The number of fused-ring (bicyclic) bond motifs is 2. The number of hydrogen-bond donors (Lipinski definition) is 1. The lowest BCUT2D eigenvalue weighted by molar-refractivity contribution is -0.275. The molecule has 0 amide bonds. The van der Waals surface area contributed by atoms with Crippen molar-refractivity contribution in [2.75, 3.05) is 0 Å². The number of para-hydroxylation sites is 4. The first-order valence-electron chi connectivity index (χ1n) is 13.8. The van der Waals surface area contributed by atoms with Gasteiger partial charge in [-0.2, -0.15) is 0 Å². The van der Waals surface area contributed by atoms with E-state index in [-0.39, 0.29) is 35.1 Å². The summed E-state index contributed by atoms with van der Waals surface area (Å²) in [4.78, 5) is 8.81. The van der Waals surface area contributed by atoms with E-state index in [1.54, 1.807) is 54.6 Å². The molecule has 0 saturated carbocycles. The number of nitrogens with zero attached hydrogens (tertiary/aromatic N) is 2. The van der Waals surface area contributed by atoms with Crippen LogP contribution in [0.4, 0.5) is 26.3 Å². The summed E-state index contributed by atoms with van der Waals surface area (Å²) in [5.74, 6) is -0.639. The Balaban J connectivity index is 0.000000188. The molecule has 248 valence electrons. The first-order valence-corrected chi connectivity index (χ1v) is 15.1. The van der Waals surface area contributed by atoms with Gasteiger partial charge in [-0.1, -0.05) is 71.7 Å².